The number of rotatable bonds is 8. The molecular formula is C20H24FNO3. The number of para-hydroxylation sites is 1. The van der Waals surface area contributed by atoms with Gasteiger partial charge in [-0.05, 0) is 44.0 Å². The molecule has 0 fully saturated rings. The number of nitrogens with one attached hydrogen (secondary N) is 1. The van der Waals surface area contributed by atoms with Crippen molar-refractivity contribution in [2.75, 3.05) is 13.2 Å². The molecule has 25 heavy (non-hydrogen) atoms. The SMILES string of the molecule is CC[C@H](Oc1ccccc1F)C(=O)NCCOc1ccc(C)cc1C. The zero-order valence-corrected chi connectivity index (χ0v) is 14.8. The summed E-state index contributed by atoms with van der Waals surface area (Å²) in [5, 5.41) is 2.76. The van der Waals surface area contributed by atoms with Gasteiger partial charge in [-0.2, -0.15) is 0 Å². The molecule has 1 N–H and O–H groups in total. The van der Waals surface area contributed by atoms with Gasteiger partial charge in [0.2, 0.25) is 0 Å². The number of ether oxygens (including phenoxy) is 2. The van der Waals surface area contributed by atoms with Crippen molar-refractivity contribution >= 4 is 5.91 Å². The van der Waals surface area contributed by atoms with Crippen LogP contribution in [0.4, 0.5) is 4.39 Å². The van der Waals surface area contributed by atoms with Crippen molar-refractivity contribution in [3.63, 3.8) is 0 Å². The van der Waals surface area contributed by atoms with E-state index in [1.165, 1.54) is 17.7 Å². The Hall–Kier alpha value is -2.56. The van der Waals surface area contributed by atoms with Gasteiger partial charge in [0.05, 0.1) is 6.54 Å². The second kappa shape index (κ2) is 9.06. The normalized spacial score (nSPS) is 11.7. The first kappa shape index (κ1) is 18.8. The predicted molar refractivity (Wildman–Crippen MR) is 95.5 cm³/mol. The second-order valence-corrected chi connectivity index (χ2v) is 5.85. The van der Waals surface area contributed by atoms with Gasteiger partial charge in [0, 0.05) is 0 Å². The van der Waals surface area contributed by atoms with Gasteiger partial charge in [-0.3, -0.25) is 4.79 Å². The summed E-state index contributed by atoms with van der Waals surface area (Å²) >= 11 is 0. The van der Waals surface area contributed by atoms with Gasteiger partial charge < -0.3 is 14.8 Å². The van der Waals surface area contributed by atoms with E-state index in [-0.39, 0.29) is 11.7 Å². The van der Waals surface area contributed by atoms with Gasteiger partial charge >= 0.3 is 0 Å². The Morgan fingerprint density at radius 1 is 1.16 bits per heavy atom. The molecule has 0 aromatic heterocycles. The van der Waals surface area contributed by atoms with Crippen molar-refractivity contribution in [1.29, 1.82) is 0 Å². The molecule has 2 aromatic carbocycles. The maximum atomic E-state index is 13.6. The molecule has 0 heterocycles. The molecule has 1 atom stereocenters. The zero-order chi connectivity index (χ0) is 18.2. The number of carbonyl (C=O) groups is 1. The van der Waals surface area contributed by atoms with Crippen LogP contribution in [-0.2, 0) is 4.79 Å². The highest BCUT2D eigenvalue weighted by Crippen LogP contribution is 2.19. The van der Waals surface area contributed by atoms with Gasteiger partial charge in [-0.1, -0.05) is 36.8 Å². The summed E-state index contributed by atoms with van der Waals surface area (Å²) in [7, 11) is 0. The number of aryl methyl sites for hydroxylation is 2. The average Bonchev–Trinajstić information content (AvgIpc) is 2.59. The van der Waals surface area contributed by atoms with Crippen LogP contribution in [0.2, 0.25) is 0 Å². The highest BCUT2D eigenvalue weighted by molar-refractivity contribution is 5.81. The van der Waals surface area contributed by atoms with Gasteiger partial charge in [0.1, 0.15) is 12.4 Å². The van der Waals surface area contributed by atoms with Crippen LogP contribution in [0.3, 0.4) is 0 Å². The molecule has 2 aromatic rings. The summed E-state index contributed by atoms with van der Waals surface area (Å²) in [6.07, 6.45) is -0.295. The molecule has 134 valence electrons. The molecule has 0 aliphatic heterocycles. The fourth-order valence-corrected chi connectivity index (χ4v) is 2.43. The molecule has 0 saturated carbocycles. The number of benzene rings is 2. The summed E-state index contributed by atoms with van der Waals surface area (Å²) in [6.45, 7) is 6.53. The molecule has 5 heteroatoms. The van der Waals surface area contributed by atoms with Gasteiger partial charge in [0.25, 0.3) is 5.91 Å². The monoisotopic (exact) mass is 345 g/mol. The Labute approximate surface area is 148 Å². The van der Waals surface area contributed by atoms with E-state index in [2.05, 4.69) is 5.32 Å². The van der Waals surface area contributed by atoms with Crippen LogP contribution in [0, 0.1) is 19.7 Å². The first-order valence-electron chi connectivity index (χ1n) is 8.40. The van der Waals surface area contributed by atoms with E-state index in [1.807, 2.05) is 39.0 Å². The van der Waals surface area contributed by atoms with E-state index in [9.17, 15) is 9.18 Å². The second-order valence-electron chi connectivity index (χ2n) is 5.85. The summed E-state index contributed by atoms with van der Waals surface area (Å²) in [5.41, 5.74) is 2.23. The summed E-state index contributed by atoms with van der Waals surface area (Å²) in [5.74, 6) is 0.118. The molecular weight excluding hydrogens is 321 g/mol. The Morgan fingerprint density at radius 3 is 2.60 bits per heavy atom. The summed E-state index contributed by atoms with van der Waals surface area (Å²) in [6, 6.07) is 12.0. The Balaban J connectivity index is 1.81. The van der Waals surface area contributed by atoms with E-state index in [4.69, 9.17) is 9.47 Å². The number of halogens is 1. The summed E-state index contributed by atoms with van der Waals surface area (Å²) in [4.78, 5) is 12.2. The first-order valence-corrected chi connectivity index (χ1v) is 8.40. The minimum atomic E-state index is -0.738. The molecule has 0 aliphatic rings. The molecule has 1 amide bonds. The maximum absolute atomic E-state index is 13.6. The predicted octanol–water partition coefficient (Wildman–Crippen LogP) is 3.80. The summed E-state index contributed by atoms with van der Waals surface area (Å²) < 4.78 is 24.8. The van der Waals surface area contributed by atoms with Crippen molar-refractivity contribution < 1.29 is 18.7 Å². The van der Waals surface area contributed by atoms with Crippen LogP contribution in [0.15, 0.2) is 42.5 Å². The Bertz CT molecular complexity index is 718. The van der Waals surface area contributed by atoms with Crippen molar-refractivity contribution in [2.24, 2.45) is 0 Å². The smallest absolute Gasteiger partial charge is 0.261 e. The minimum Gasteiger partial charge on any atom is -0.491 e. The fourth-order valence-electron chi connectivity index (χ4n) is 2.43. The molecule has 0 aliphatic carbocycles. The number of hydrogen-bond donors (Lipinski definition) is 1. The minimum absolute atomic E-state index is 0.0797. The lowest BCUT2D eigenvalue weighted by atomic mass is 10.1. The Kier molecular flexibility index (Phi) is 6.81. The van der Waals surface area contributed by atoms with Crippen LogP contribution in [0.5, 0.6) is 11.5 Å². The topological polar surface area (TPSA) is 47.6 Å². The van der Waals surface area contributed by atoms with Crippen LogP contribution < -0.4 is 14.8 Å². The number of hydrogen-bond acceptors (Lipinski definition) is 3. The molecule has 2 rings (SSSR count). The molecule has 0 radical (unpaired) electrons. The third-order valence-electron chi connectivity index (χ3n) is 3.76. The molecule has 0 spiro atoms. The largest absolute Gasteiger partial charge is 0.491 e. The van der Waals surface area contributed by atoms with Crippen LogP contribution in [0.1, 0.15) is 24.5 Å². The zero-order valence-electron chi connectivity index (χ0n) is 14.8. The van der Waals surface area contributed by atoms with E-state index in [0.717, 1.165) is 11.3 Å². The van der Waals surface area contributed by atoms with Crippen LogP contribution >= 0.6 is 0 Å². The lowest BCUT2D eigenvalue weighted by Crippen LogP contribution is -2.39. The highest BCUT2D eigenvalue weighted by atomic mass is 19.1. The van der Waals surface area contributed by atoms with Crippen LogP contribution in [-0.4, -0.2) is 25.2 Å². The first-order chi connectivity index (χ1) is 12.0. The van der Waals surface area contributed by atoms with E-state index >= 15 is 0 Å². The highest BCUT2D eigenvalue weighted by Gasteiger charge is 2.19. The van der Waals surface area contributed by atoms with Crippen molar-refractivity contribution in [3.05, 3.63) is 59.4 Å². The third kappa shape index (κ3) is 5.48. The quantitative estimate of drug-likeness (QED) is 0.741. The lowest BCUT2D eigenvalue weighted by Gasteiger charge is -2.18. The van der Waals surface area contributed by atoms with Crippen molar-refractivity contribution in [3.8, 4) is 11.5 Å². The van der Waals surface area contributed by atoms with Crippen molar-refractivity contribution in [1.82, 2.24) is 5.32 Å². The van der Waals surface area contributed by atoms with Gasteiger partial charge in [-0.25, -0.2) is 4.39 Å². The van der Waals surface area contributed by atoms with Crippen molar-refractivity contribution in [2.45, 2.75) is 33.3 Å². The average molecular weight is 345 g/mol. The third-order valence-corrected chi connectivity index (χ3v) is 3.76. The number of carbonyl (C=O) groups excluding carboxylic acids is 1. The Morgan fingerprint density at radius 2 is 1.92 bits per heavy atom. The van der Waals surface area contributed by atoms with Crippen LogP contribution in [0.25, 0.3) is 0 Å². The van der Waals surface area contributed by atoms with Gasteiger partial charge in [0.15, 0.2) is 17.7 Å². The van der Waals surface area contributed by atoms with E-state index in [0.29, 0.717) is 19.6 Å². The molecule has 4 nitrogen and oxygen atoms in total. The fraction of sp³-hybridized carbons (Fsp3) is 0.350. The molecule has 0 unspecified atom stereocenters. The van der Waals surface area contributed by atoms with Gasteiger partial charge in [-0.15, -0.1) is 0 Å². The van der Waals surface area contributed by atoms with E-state index in [1.54, 1.807) is 12.1 Å². The number of amides is 1. The lowest BCUT2D eigenvalue weighted by molar-refractivity contribution is -0.128. The maximum Gasteiger partial charge on any atom is 0.261 e. The molecule has 0 bridgehead atoms. The molecule has 0 saturated heterocycles. The standard InChI is InChI=1S/C20H24FNO3/c1-4-17(25-19-8-6-5-7-16(19)21)20(23)22-11-12-24-18-10-9-14(2)13-15(18)3/h5-10,13,17H,4,11-12H2,1-3H3,(H,22,23)/t17-/m0/s1. The van der Waals surface area contributed by atoms with E-state index < -0.39 is 11.9 Å².